The van der Waals surface area contributed by atoms with Crippen LogP contribution in [-0.2, 0) is 11.3 Å². The summed E-state index contributed by atoms with van der Waals surface area (Å²) < 4.78 is 0. The van der Waals surface area contributed by atoms with Gasteiger partial charge < -0.3 is 15.1 Å². The fourth-order valence-corrected chi connectivity index (χ4v) is 3.15. The van der Waals surface area contributed by atoms with Crippen LogP contribution in [0.3, 0.4) is 0 Å². The van der Waals surface area contributed by atoms with E-state index in [1.165, 1.54) is 0 Å². The molecule has 1 saturated heterocycles. The number of anilines is 2. The summed E-state index contributed by atoms with van der Waals surface area (Å²) in [6.07, 6.45) is 4.48. The molecule has 0 bridgehead atoms. The number of hydrogen-bond donors (Lipinski definition) is 1. The molecule has 1 aliphatic heterocycles. The van der Waals surface area contributed by atoms with E-state index in [4.69, 9.17) is 9.97 Å². The number of carbonyl (C=O) groups is 1. The molecule has 4 rings (SSSR count). The van der Waals surface area contributed by atoms with E-state index in [-0.39, 0.29) is 0 Å². The van der Waals surface area contributed by atoms with Gasteiger partial charge in [-0.15, -0.1) is 0 Å². The van der Waals surface area contributed by atoms with Crippen LogP contribution in [0.1, 0.15) is 5.56 Å². The summed E-state index contributed by atoms with van der Waals surface area (Å²) in [6.45, 7) is 3.58. The summed E-state index contributed by atoms with van der Waals surface area (Å²) in [5.74, 6) is 2.34. The number of carbonyl (C=O) groups excluding carboxylic acids is 1. The maximum atomic E-state index is 11.0. The Kier molecular flexibility index (Phi) is 5.42. The van der Waals surface area contributed by atoms with Crippen LogP contribution < -0.4 is 10.2 Å². The summed E-state index contributed by atoms with van der Waals surface area (Å²) in [6, 6.07) is 15.9. The van der Waals surface area contributed by atoms with Crippen LogP contribution in [0.4, 0.5) is 11.6 Å². The molecule has 1 aliphatic rings. The lowest BCUT2D eigenvalue weighted by molar-refractivity contribution is -0.118. The Balaban J connectivity index is 1.60. The van der Waals surface area contributed by atoms with E-state index in [0.29, 0.717) is 25.5 Å². The maximum Gasteiger partial charge on any atom is 0.209 e. The molecule has 2 aromatic heterocycles. The van der Waals surface area contributed by atoms with E-state index in [2.05, 4.69) is 15.2 Å². The zero-order chi connectivity index (χ0) is 19.2. The first-order valence-corrected chi connectivity index (χ1v) is 9.33. The summed E-state index contributed by atoms with van der Waals surface area (Å²) in [5.41, 5.74) is 2.11. The average molecular weight is 374 g/mol. The molecular weight excluding hydrogens is 352 g/mol. The molecule has 1 N–H and O–H groups in total. The van der Waals surface area contributed by atoms with Gasteiger partial charge in [0.1, 0.15) is 11.6 Å². The number of rotatable bonds is 6. The zero-order valence-electron chi connectivity index (χ0n) is 15.5. The third-order valence-electron chi connectivity index (χ3n) is 4.75. The summed E-state index contributed by atoms with van der Waals surface area (Å²) in [4.78, 5) is 28.5. The van der Waals surface area contributed by atoms with Gasteiger partial charge in [0.25, 0.3) is 0 Å². The lowest BCUT2D eigenvalue weighted by atomic mass is 10.2. The van der Waals surface area contributed by atoms with Crippen LogP contribution in [0.15, 0.2) is 60.9 Å². The molecule has 7 nitrogen and oxygen atoms in total. The van der Waals surface area contributed by atoms with Crippen molar-refractivity contribution in [2.75, 3.05) is 36.4 Å². The summed E-state index contributed by atoms with van der Waals surface area (Å²) >= 11 is 0. The highest BCUT2D eigenvalue weighted by atomic mass is 16.1. The third-order valence-corrected chi connectivity index (χ3v) is 4.75. The minimum atomic E-state index is 0.659. The molecule has 1 amide bonds. The second-order valence-corrected chi connectivity index (χ2v) is 6.64. The van der Waals surface area contributed by atoms with Crippen molar-refractivity contribution in [2.45, 2.75) is 6.54 Å². The topological polar surface area (TPSA) is 74.2 Å². The molecule has 0 unspecified atom stereocenters. The number of benzene rings is 1. The number of amides is 1. The molecule has 142 valence electrons. The molecule has 3 heterocycles. The van der Waals surface area contributed by atoms with Crippen molar-refractivity contribution in [2.24, 2.45) is 0 Å². The van der Waals surface area contributed by atoms with Crippen molar-refractivity contribution in [3.05, 3.63) is 66.5 Å². The smallest absolute Gasteiger partial charge is 0.209 e. The molecule has 3 aromatic rings. The molecule has 1 fully saturated rings. The lowest BCUT2D eigenvalue weighted by Crippen LogP contribution is -2.46. The van der Waals surface area contributed by atoms with Crippen LogP contribution in [0.25, 0.3) is 11.4 Å². The highest BCUT2D eigenvalue weighted by Crippen LogP contribution is 2.23. The van der Waals surface area contributed by atoms with Gasteiger partial charge in [-0.2, -0.15) is 0 Å². The van der Waals surface area contributed by atoms with Gasteiger partial charge in [0.15, 0.2) is 5.82 Å². The molecule has 7 heteroatoms. The Hall–Kier alpha value is -3.48. The van der Waals surface area contributed by atoms with Gasteiger partial charge in [-0.05, 0) is 17.7 Å². The molecule has 0 spiro atoms. The van der Waals surface area contributed by atoms with Gasteiger partial charge in [-0.25, -0.2) is 9.97 Å². The van der Waals surface area contributed by atoms with E-state index in [1.807, 2.05) is 48.5 Å². The number of hydrogen-bond acceptors (Lipinski definition) is 6. The molecule has 0 aliphatic carbocycles. The van der Waals surface area contributed by atoms with Crippen molar-refractivity contribution in [3.63, 3.8) is 0 Å². The Morgan fingerprint density at radius 2 is 1.71 bits per heavy atom. The predicted molar refractivity (Wildman–Crippen MR) is 109 cm³/mol. The quantitative estimate of drug-likeness (QED) is 0.668. The van der Waals surface area contributed by atoms with Gasteiger partial charge in [0.05, 0.1) is 0 Å². The van der Waals surface area contributed by atoms with Crippen LogP contribution in [-0.4, -0.2) is 52.4 Å². The highest BCUT2D eigenvalue weighted by molar-refractivity contribution is 5.62. The fraction of sp³-hybridized carbons (Fsp3) is 0.238. The largest absolute Gasteiger partial charge is 0.366 e. The van der Waals surface area contributed by atoms with Gasteiger partial charge in [-0.3, -0.25) is 9.78 Å². The van der Waals surface area contributed by atoms with E-state index >= 15 is 0 Å². The second kappa shape index (κ2) is 8.47. The average Bonchev–Trinajstić information content (AvgIpc) is 2.79. The number of nitrogens with zero attached hydrogens (tertiary/aromatic N) is 5. The standard InChI is InChI=1S/C21H22N6O/c28-16-26-10-12-27(13-11-26)20-14-19(23-15-17-6-8-22-9-7-17)24-21(25-20)18-4-2-1-3-5-18/h1-9,14,16H,10-13,15H2,(H,23,24,25). The van der Waals surface area contributed by atoms with Crippen molar-refractivity contribution in [1.82, 2.24) is 19.9 Å². The fourth-order valence-electron chi connectivity index (χ4n) is 3.15. The third kappa shape index (κ3) is 4.25. The molecule has 0 radical (unpaired) electrons. The minimum Gasteiger partial charge on any atom is -0.366 e. The van der Waals surface area contributed by atoms with Crippen molar-refractivity contribution >= 4 is 18.0 Å². The first-order valence-electron chi connectivity index (χ1n) is 9.33. The minimum absolute atomic E-state index is 0.659. The van der Waals surface area contributed by atoms with Crippen LogP contribution >= 0.6 is 0 Å². The maximum absolute atomic E-state index is 11.0. The van der Waals surface area contributed by atoms with E-state index in [9.17, 15) is 4.79 Å². The van der Waals surface area contributed by atoms with Crippen molar-refractivity contribution in [1.29, 1.82) is 0 Å². The number of aromatic nitrogens is 3. The molecule has 0 atom stereocenters. The Morgan fingerprint density at radius 1 is 0.964 bits per heavy atom. The number of piperazine rings is 1. The number of pyridine rings is 1. The Morgan fingerprint density at radius 3 is 2.43 bits per heavy atom. The van der Waals surface area contributed by atoms with Crippen molar-refractivity contribution in [3.8, 4) is 11.4 Å². The van der Waals surface area contributed by atoms with Crippen LogP contribution in [0.5, 0.6) is 0 Å². The van der Waals surface area contributed by atoms with E-state index in [0.717, 1.165) is 42.3 Å². The van der Waals surface area contributed by atoms with Gasteiger partial charge in [-0.1, -0.05) is 30.3 Å². The van der Waals surface area contributed by atoms with Gasteiger partial charge in [0.2, 0.25) is 6.41 Å². The van der Waals surface area contributed by atoms with E-state index < -0.39 is 0 Å². The normalized spacial score (nSPS) is 14.0. The first kappa shape index (κ1) is 17.9. The molecule has 1 aromatic carbocycles. The summed E-state index contributed by atoms with van der Waals surface area (Å²) in [5, 5.41) is 3.40. The zero-order valence-corrected chi connectivity index (χ0v) is 15.5. The predicted octanol–water partition coefficient (Wildman–Crippen LogP) is 2.43. The number of nitrogens with one attached hydrogen (secondary N) is 1. The highest BCUT2D eigenvalue weighted by Gasteiger charge is 2.18. The van der Waals surface area contributed by atoms with Crippen molar-refractivity contribution < 1.29 is 4.79 Å². The van der Waals surface area contributed by atoms with E-state index in [1.54, 1.807) is 17.3 Å². The summed E-state index contributed by atoms with van der Waals surface area (Å²) in [7, 11) is 0. The SMILES string of the molecule is O=CN1CCN(c2cc(NCc3ccncc3)nc(-c3ccccc3)n2)CC1. The first-order chi connectivity index (χ1) is 13.8. The van der Waals surface area contributed by atoms with Crippen LogP contribution in [0.2, 0.25) is 0 Å². The molecule has 0 saturated carbocycles. The monoisotopic (exact) mass is 374 g/mol. The second-order valence-electron chi connectivity index (χ2n) is 6.64. The van der Waals surface area contributed by atoms with Gasteiger partial charge >= 0.3 is 0 Å². The Labute approximate surface area is 164 Å². The molecular formula is C21H22N6O. The Bertz CT molecular complexity index is 911. The van der Waals surface area contributed by atoms with Crippen LogP contribution in [0, 0.1) is 0 Å². The molecule has 28 heavy (non-hydrogen) atoms. The van der Waals surface area contributed by atoms with Gasteiger partial charge in [0, 0.05) is 56.7 Å². The lowest BCUT2D eigenvalue weighted by Gasteiger charge is -2.33.